The maximum Gasteiger partial charge on any atom is 0.326 e. The van der Waals surface area contributed by atoms with Crippen molar-refractivity contribution in [3.05, 3.63) is 46.7 Å². The smallest absolute Gasteiger partial charge is 0.326 e. The fourth-order valence-electron chi connectivity index (χ4n) is 2.05. The van der Waals surface area contributed by atoms with Crippen molar-refractivity contribution >= 4 is 35.2 Å². The maximum absolute atomic E-state index is 12.2. The molecule has 8 nitrogen and oxygen atoms in total. The van der Waals surface area contributed by atoms with Crippen LogP contribution in [0.15, 0.2) is 35.3 Å². The lowest BCUT2D eigenvalue weighted by atomic mass is 10.3. The largest absolute Gasteiger partial charge is 0.383 e. The second kappa shape index (κ2) is 9.69. The molecule has 0 aliphatic heterocycles. The van der Waals surface area contributed by atoms with Crippen molar-refractivity contribution in [2.45, 2.75) is 13.8 Å². The van der Waals surface area contributed by atoms with E-state index in [1.54, 1.807) is 31.4 Å². The number of benzene rings is 1. The van der Waals surface area contributed by atoms with Gasteiger partial charge in [-0.15, -0.1) is 0 Å². The molecule has 1 heterocycles. The molecule has 3 N–H and O–H groups in total. The number of guanidine groups is 1. The summed E-state index contributed by atoms with van der Waals surface area (Å²) in [5.74, 6) is 0.573. The van der Waals surface area contributed by atoms with E-state index in [4.69, 9.17) is 16.3 Å². The molecule has 2 rings (SSSR count). The average molecular weight is 377 g/mol. The Morgan fingerprint density at radius 1 is 1.15 bits per heavy atom. The van der Waals surface area contributed by atoms with Crippen molar-refractivity contribution in [2.24, 2.45) is 4.99 Å². The average Bonchev–Trinajstić information content (AvgIpc) is 2.56. The number of urea groups is 1. The molecule has 2 aromatic rings. The molecule has 1 aromatic heterocycles. The van der Waals surface area contributed by atoms with Gasteiger partial charge in [-0.25, -0.2) is 14.8 Å². The minimum Gasteiger partial charge on any atom is -0.383 e. The molecule has 2 amide bonds. The van der Waals surface area contributed by atoms with Crippen LogP contribution in [0.3, 0.4) is 0 Å². The van der Waals surface area contributed by atoms with Crippen LogP contribution in [0, 0.1) is 13.8 Å². The second-order valence-electron chi connectivity index (χ2n) is 5.41. The third-order valence-electron chi connectivity index (χ3n) is 3.11. The van der Waals surface area contributed by atoms with Gasteiger partial charge in [0.05, 0.1) is 13.2 Å². The number of ether oxygens (including phenoxy) is 1. The van der Waals surface area contributed by atoms with Gasteiger partial charge in [0.25, 0.3) is 0 Å². The number of nitrogens with one attached hydrogen (secondary N) is 3. The number of rotatable bonds is 5. The fraction of sp³-hybridized carbons (Fsp3) is 0.294. The number of aliphatic imine (C=N–C) groups is 1. The predicted molar refractivity (Wildman–Crippen MR) is 103 cm³/mol. The predicted octanol–water partition coefficient (Wildman–Crippen LogP) is 2.98. The highest BCUT2D eigenvalue weighted by molar-refractivity contribution is 6.30. The van der Waals surface area contributed by atoms with Gasteiger partial charge in [-0.05, 0) is 44.2 Å². The molecule has 0 spiro atoms. The number of amides is 2. The molecule has 0 saturated carbocycles. The van der Waals surface area contributed by atoms with Crippen molar-refractivity contribution in [3.63, 3.8) is 0 Å². The van der Waals surface area contributed by atoms with Gasteiger partial charge in [0.1, 0.15) is 0 Å². The maximum atomic E-state index is 12.2. The molecule has 26 heavy (non-hydrogen) atoms. The quantitative estimate of drug-likeness (QED) is 0.423. The number of hydrogen-bond donors (Lipinski definition) is 3. The normalized spacial score (nSPS) is 11.2. The molecule has 0 atom stereocenters. The number of halogens is 1. The van der Waals surface area contributed by atoms with Crippen LogP contribution in [0.4, 0.5) is 16.4 Å². The first kappa shape index (κ1) is 19.6. The van der Waals surface area contributed by atoms with E-state index in [0.717, 1.165) is 11.4 Å². The fourth-order valence-corrected chi connectivity index (χ4v) is 2.18. The molecule has 1 aromatic carbocycles. The van der Waals surface area contributed by atoms with Crippen LogP contribution in [0.1, 0.15) is 11.4 Å². The zero-order valence-corrected chi connectivity index (χ0v) is 15.6. The van der Waals surface area contributed by atoms with E-state index in [-0.39, 0.29) is 5.96 Å². The molecule has 9 heteroatoms. The minimum atomic E-state index is -0.458. The van der Waals surface area contributed by atoms with E-state index in [9.17, 15) is 4.79 Å². The van der Waals surface area contributed by atoms with Crippen molar-refractivity contribution in [1.82, 2.24) is 15.3 Å². The Labute approximate surface area is 157 Å². The summed E-state index contributed by atoms with van der Waals surface area (Å²) in [5, 5.41) is 8.86. The van der Waals surface area contributed by atoms with Gasteiger partial charge in [0, 0.05) is 29.2 Å². The number of anilines is 2. The summed E-state index contributed by atoms with van der Waals surface area (Å²) in [6, 6.07) is 8.17. The van der Waals surface area contributed by atoms with E-state index in [2.05, 4.69) is 30.9 Å². The van der Waals surface area contributed by atoms with Crippen LogP contribution in [-0.2, 0) is 4.74 Å². The Kier molecular flexibility index (Phi) is 7.31. The lowest BCUT2D eigenvalue weighted by Gasteiger charge is -2.12. The van der Waals surface area contributed by atoms with E-state index in [0.29, 0.717) is 29.8 Å². The van der Waals surface area contributed by atoms with Crippen LogP contribution < -0.4 is 16.0 Å². The Morgan fingerprint density at radius 3 is 2.42 bits per heavy atom. The lowest BCUT2D eigenvalue weighted by Crippen LogP contribution is -2.39. The van der Waals surface area contributed by atoms with Gasteiger partial charge >= 0.3 is 6.03 Å². The highest BCUT2D eigenvalue weighted by Gasteiger charge is 2.09. The summed E-state index contributed by atoms with van der Waals surface area (Å²) >= 11 is 5.84. The van der Waals surface area contributed by atoms with Crippen molar-refractivity contribution in [2.75, 3.05) is 30.9 Å². The first-order valence-electron chi connectivity index (χ1n) is 7.92. The topological polar surface area (TPSA) is 101 Å². The number of aryl methyl sites for hydroxylation is 2. The Balaban J connectivity index is 2.07. The highest BCUT2D eigenvalue weighted by atomic mass is 35.5. The van der Waals surface area contributed by atoms with Crippen LogP contribution in [0.2, 0.25) is 5.02 Å². The SMILES string of the molecule is COCCN=C(NC(=O)Nc1ccc(Cl)cc1)Nc1nc(C)cc(C)n1. The number of aromatic nitrogens is 2. The van der Waals surface area contributed by atoms with E-state index in [1.807, 2.05) is 19.9 Å². The van der Waals surface area contributed by atoms with E-state index in [1.165, 1.54) is 0 Å². The van der Waals surface area contributed by atoms with Crippen LogP contribution in [-0.4, -0.2) is 42.2 Å². The molecule has 0 aliphatic carbocycles. The number of methoxy groups -OCH3 is 1. The Morgan fingerprint density at radius 2 is 1.81 bits per heavy atom. The highest BCUT2D eigenvalue weighted by Crippen LogP contribution is 2.13. The molecular weight excluding hydrogens is 356 g/mol. The molecular formula is C17H21ClN6O2. The Hall–Kier alpha value is -2.71. The summed E-state index contributed by atoms with van der Waals surface area (Å²) < 4.78 is 4.99. The molecule has 0 fully saturated rings. The first-order valence-corrected chi connectivity index (χ1v) is 8.30. The Bertz CT molecular complexity index is 759. The van der Waals surface area contributed by atoms with Gasteiger partial charge in [-0.3, -0.25) is 15.6 Å². The van der Waals surface area contributed by atoms with Crippen LogP contribution >= 0.6 is 11.6 Å². The number of nitrogens with zero attached hydrogens (tertiary/aromatic N) is 3. The van der Waals surface area contributed by atoms with Gasteiger partial charge in [-0.2, -0.15) is 0 Å². The molecule has 138 valence electrons. The minimum absolute atomic E-state index is 0.221. The summed E-state index contributed by atoms with van der Waals surface area (Å²) in [4.78, 5) is 25.1. The first-order chi connectivity index (χ1) is 12.5. The summed E-state index contributed by atoms with van der Waals surface area (Å²) in [5.41, 5.74) is 2.22. The number of carbonyl (C=O) groups is 1. The van der Waals surface area contributed by atoms with Gasteiger partial charge in [-0.1, -0.05) is 11.6 Å². The zero-order valence-electron chi connectivity index (χ0n) is 14.8. The zero-order chi connectivity index (χ0) is 18.9. The molecule has 0 radical (unpaired) electrons. The summed E-state index contributed by atoms with van der Waals surface area (Å²) in [7, 11) is 1.58. The molecule has 0 saturated heterocycles. The number of hydrogen-bond acceptors (Lipinski definition) is 5. The summed E-state index contributed by atoms with van der Waals surface area (Å²) in [6.45, 7) is 4.51. The van der Waals surface area contributed by atoms with Crippen molar-refractivity contribution in [1.29, 1.82) is 0 Å². The molecule has 0 bridgehead atoms. The van der Waals surface area contributed by atoms with E-state index < -0.39 is 6.03 Å². The standard InChI is InChI=1S/C17H21ClN6O2/c1-11-10-12(2)21-16(20-11)23-15(19-8-9-26-3)24-17(25)22-14-6-4-13(18)5-7-14/h4-7,10H,8-9H2,1-3H3,(H3,19,20,21,22,23,24,25). The van der Waals surface area contributed by atoms with Gasteiger partial charge < -0.3 is 10.1 Å². The van der Waals surface area contributed by atoms with Crippen molar-refractivity contribution < 1.29 is 9.53 Å². The molecule has 0 aliphatic rings. The van der Waals surface area contributed by atoms with Gasteiger partial charge in [0.2, 0.25) is 11.9 Å². The third kappa shape index (κ3) is 6.66. The monoisotopic (exact) mass is 376 g/mol. The number of carbonyl (C=O) groups excluding carboxylic acids is 1. The summed E-state index contributed by atoms with van der Waals surface area (Å²) in [6.07, 6.45) is 0. The van der Waals surface area contributed by atoms with Crippen LogP contribution in [0.25, 0.3) is 0 Å². The third-order valence-corrected chi connectivity index (χ3v) is 3.36. The molecule has 0 unspecified atom stereocenters. The van der Waals surface area contributed by atoms with Gasteiger partial charge in [0.15, 0.2) is 0 Å². The lowest BCUT2D eigenvalue weighted by molar-refractivity contribution is 0.208. The van der Waals surface area contributed by atoms with E-state index >= 15 is 0 Å². The van der Waals surface area contributed by atoms with Crippen molar-refractivity contribution in [3.8, 4) is 0 Å². The second-order valence-corrected chi connectivity index (χ2v) is 5.84. The van der Waals surface area contributed by atoms with Crippen LogP contribution in [0.5, 0.6) is 0 Å².